The first kappa shape index (κ1) is 20.0. The molecule has 2 aromatic carbocycles. The van der Waals surface area contributed by atoms with Crippen LogP contribution in [-0.4, -0.2) is 16.5 Å². The second kappa shape index (κ2) is 6.87. The van der Waals surface area contributed by atoms with Crippen molar-refractivity contribution in [3.05, 3.63) is 54.6 Å². The normalized spacial score (nSPS) is 30.1. The highest BCUT2D eigenvalue weighted by Gasteiger charge is 2.76. The molecule has 1 N–H and O–H groups in total. The lowest BCUT2D eigenvalue weighted by Crippen LogP contribution is -2.47. The smallest absolute Gasteiger partial charge is 0.232 e. The van der Waals surface area contributed by atoms with E-state index in [1.807, 2.05) is 75.4 Å². The van der Waals surface area contributed by atoms with Gasteiger partial charge in [0.15, 0.2) is 5.78 Å². The van der Waals surface area contributed by atoms with Crippen molar-refractivity contribution >= 4 is 44.7 Å². The van der Waals surface area contributed by atoms with Gasteiger partial charge in [0.1, 0.15) is 0 Å². The molecule has 0 spiro atoms. The minimum absolute atomic E-state index is 0.0994. The molecule has 2 fully saturated rings. The van der Waals surface area contributed by atoms with Crippen molar-refractivity contribution in [1.82, 2.24) is 0 Å². The first-order valence-electron chi connectivity index (χ1n) is 9.79. The summed E-state index contributed by atoms with van der Waals surface area (Å²) in [7, 11) is 0. The van der Waals surface area contributed by atoms with Gasteiger partial charge in [-0.1, -0.05) is 54.9 Å². The first-order valence-corrected chi connectivity index (χ1v) is 10.7. The van der Waals surface area contributed by atoms with E-state index in [2.05, 4.69) is 31.5 Å². The van der Waals surface area contributed by atoms with Gasteiger partial charge in [-0.15, -0.1) is 0 Å². The molecule has 6 heteroatoms. The summed E-state index contributed by atoms with van der Waals surface area (Å²) in [4.78, 5) is 25.8. The molecule has 0 aromatic heterocycles. The highest BCUT2D eigenvalue weighted by Crippen LogP contribution is 2.72. The van der Waals surface area contributed by atoms with Crippen molar-refractivity contribution in [2.45, 2.75) is 38.4 Å². The maximum Gasteiger partial charge on any atom is 0.232 e. The van der Waals surface area contributed by atoms with Gasteiger partial charge in [0.25, 0.3) is 0 Å². The molecule has 2 aliphatic carbocycles. The zero-order valence-electron chi connectivity index (χ0n) is 16.8. The Hall–Kier alpha value is -2.34. The molecular weight excluding hydrogens is 430 g/mol. The number of fused-ring (bicyclic) bond motifs is 2. The molecule has 0 radical (unpaired) electrons. The molecule has 5 nitrogen and oxygen atoms in total. The molecule has 3 atom stereocenters. The third-order valence-corrected chi connectivity index (χ3v) is 8.49. The van der Waals surface area contributed by atoms with Crippen LogP contribution in [0.15, 0.2) is 64.8 Å². The zero-order chi connectivity index (χ0) is 20.9. The van der Waals surface area contributed by atoms with E-state index in [1.165, 1.54) is 0 Å². The fourth-order valence-electron chi connectivity index (χ4n) is 4.92. The number of benzene rings is 2. The molecular formula is C23H24BrN3O2. The van der Waals surface area contributed by atoms with E-state index < -0.39 is 21.1 Å². The van der Waals surface area contributed by atoms with E-state index in [0.717, 1.165) is 12.1 Å². The van der Waals surface area contributed by atoms with Crippen molar-refractivity contribution in [2.24, 2.45) is 26.5 Å². The van der Waals surface area contributed by atoms with Crippen LogP contribution in [0, 0.1) is 16.2 Å². The number of nitrogens with one attached hydrogen (secondary N) is 1. The Morgan fingerprint density at radius 2 is 1.55 bits per heavy atom. The Morgan fingerprint density at radius 3 is 2.10 bits per heavy atom. The quantitative estimate of drug-likeness (QED) is 0.442. The van der Waals surface area contributed by atoms with Crippen LogP contribution in [0.1, 0.15) is 33.6 Å². The summed E-state index contributed by atoms with van der Waals surface area (Å²) in [6.45, 7) is 6.09. The van der Waals surface area contributed by atoms with E-state index in [0.29, 0.717) is 17.8 Å². The Labute approximate surface area is 179 Å². The van der Waals surface area contributed by atoms with Crippen LogP contribution in [0.3, 0.4) is 0 Å². The van der Waals surface area contributed by atoms with Gasteiger partial charge in [-0.05, 0) is 54.7 Å². The third kappa shape index (κ3) is 2.80. The summed E-state index contributed by atoms with van der Waals surface area (Å²) in [5, 5.41) is 11.5. The van der Waals surface area contributed by atoms with Gasteiger partial charge >= 0.3 is 0 Å². The van der Waals surface area contributed by atoms with Crippen LogP contribution in [0.4, 0.5) is 17.1 Å². The molecule has 2 aromatic rings. The highest BCUT2D eigenvalue weighted by molar-refractivity contribution is 9.10. The maximum absolute atomic E-state index is 13.4. The van der Waals surface area contributed by atoms with Gasteiger partial charge in [-0.2, -0.15) is 10.2 Å². The minimum Gasteiger partial charge on any atom is -0.326 e. The monoisotopic (exact) mass is 453 g/mol. The molecule has 2 saturated carbocycles. The number of rotatable bonds is 4. The van der Waals surface area contributed by atoms with Crippen LogP contribution in [0.5, 0.6) is 0 Å². The zero-order valence-corrected chi connectivity index (χ0v) is 18.4. The average Bonchev–Trinajstić information content (AvgIpc) is 2.99. The number of halogens is 1. The summed E-state index contributed by atoms with van der Waals surface area (Å²) in [5.74, 6) is 0.0400. The minimum atomic E-state index is -0.746. The fourth-order valence-corrected chi connectivity index (χ4v) is 6.43. The van der Waals surface area contributed by atoms with Gasteiger partial charge < -0.3 is 5.32 Å². The second-order valence-electron chi connectivity index (χ2n) is 8.69. The van der Waals surface area contributed by atoms with Crippen molar-refractivity contribution in [3.63, 3.8) is 0 Å². The summed E-state index contributed by atoms with van der Waals surface area (Å²) in [6, 6.07) is 16.8. The molecule has 0 heterocycles. The standard InChI is InChI=1S/C23H24BrN3O2/c1-21(2)22(3)13-14-23(21,18(24)19(22)28)20(29)25-15-9-11-17(12-10-15)27-26-16-7-5-4-6-8-16/h4-12,18H,13-14H2,1-3H3,(H,25,29)/t18-,22+,23+/m1/s1. The molecule has 2 bridgehead atoms. The van der Waals surface area contributed by atoms with Crippen molar-refractivity contribution in [1.29, 1.82) is 0 Å². The van der Waals surface area contributed by atoms with E-state index in [1.54, 1.807) is 0 Å². The Kier molecular flexibility index (Phi) is 4.73. The number of hydrogen-bond donors (Lipinski definition) is 1. The Morgan fingerprint density at radius 1 is 0.966 bits per heavy atom. The van der Waals surface area contributed by atoms with Crippen LogP contribution in [0.2, 0.25) is 0 Å². The predicted octanol–water partition coefficient (Wildman–Crippen LogP) is 6.20. The summed E-state index contributed by atoms with van der Waals surface area (Å²) >= 11 is 3.56. The number of carbonyl (C=O) groups is 2. The number of Topliss-reactive ketones (excluding diaryl/α,β-unsaturated/α-hetero) is 1. The van der Waals surface area contributed by atoms with Crippen LogP contribution >= 0.6 is 15.9 Å². The van der Waals surface area contributed by atoms with Crippen molar-refractivity contribution in [2.75, 3.05) is 5.32 Å². The van der Waals surface area contributed by atoms with Crippen molar-refractivity contribution in [3.8, 4) is 0 Å². The van der Waals surface area contributed by atoms with E-state index >= 15 is 0 Å². The number of hydrogen-bond acceptors (Lipinski definition) is 4. The molecule has 0 saturated heterocycles. The lowest BCUT2D eigenvalue weighted by Gasteiger charge is -2.39. The lowest BCUT2D eigenvalue weighted by molar-refractivity contribution is -0.130. The molecule has 1 amide bonds. The summed E-state index contributed by atoms with van der Waals surface area (Å²) in [5.41, 5.74) is 0.536. The largest absolute Gasteiger partial charge is 0.326 e. The van der Waals surface area contributed by atoms with Crippen LogP contribution < -0.4 is 5.32 Å². The number of azo groups is 1. The first-order chi connectivity index (χ1) is 13.7. The van der Waals surface area contributed by atoms with E-state index in [9.17, 15) is 9.59 Å². The molecule has 150 valence electrons. The highest BCUT2D eigenvalue weighted by atomic mass is 79.9. The van der Waals surface area contributed by atoms with Gasteiger partial charge in [-0.25, -0.2) is 0 Å². The van der Waals surface area contributed by atoms with Gasteiger partial charge in [0.2, 0.25) is 5.91 Å². The lowest BCUT2D eigenvalue weighted by atomic mass is 9.64. The predicted molar refractivity (Wildman–Crippen MR) is 117 cm³/mol. The van der Waals surface area contributed by atoms with Crippen LogP contribution in [0.25, 0.3) is 0 Å². The SMILES string of the molecule is CC1(C)[C@@]2(C)CC[C@@]1(C(=O)Nc1ccc(N=Nc3ccccc3)cc1)[C@H](Br)C2=O. The molecule has 29 heavy (non-hydrogen) atoms. The number of ketones is 1. The third-order valence-electron chi connectivity index (χ3n) is 7.29. The number of anilines is 1. The molecule has 4 rings (SSSR count). The molecule has 2 aliphatic rings. The average molecular weight is 454 g/mol. The Balaban J connectivity index is 1.52. The van der Waals surface area contributed by atoms with Crippen molar-refractivity contribution < 1.29 is 9.59 Å². The fraction of sp³-hybridized carbons (Fsp3) is 0.391. The van der Waals surface area contributed by atoms with Gasteiger partial charge in [-0.3, -0.25) is 9.59 Å². The molecule has 0 aliphatic heterocycles. The summed E-state index contributed by atoms with van der Waals surface area (Å²) in [6.07, 6.45) is 1.44. The van der Waals surface area contributed by atoms with E-state index in [-0.39, 0.29) is 11.7 Å². The number of alkyl halides is 1. The molecule has 0 unspecified atom stereocenters. The number of amides is 1. The van der Waals surface area contributed by atoms with Gasteiger partial charge in [0.05, 0.1) is 21.6 Å². The van der Waals surface area contributed by atoms with E-state index in [4.69, 9.17) is 0 Å². The summed E-state index contributed by atoms with van der Waals surface area (Å²) < 4.78 is 0. The Bertz CT molecular complexity index is 987. The number of carbonyl (C=O) groups excluding carboxylic acids is 2. The topological polar surface area (TPSA) is 70.9 Å². The van der Waals surface area contributed by atoms with Gasteiger partial charge in [0, 0.05) is 11.1 Å². The number of nitrogens with zero attached hydrogens (tertiary/aromatic N) is 2. The maximum atomic E-state index is 13.4. The second-order valence-corrected chi connectivity index (χ2v) is 9.61. The van der Waals surface area contributed by atoms with Crippen LogP contribution in [-0.2, 0) is 9.59 Å².